The minimum atomic E-state index is 0.262. The van der Waals surface area contributed by atoms with Crippen LogP contribution in [0.2, 0.25) is 0 Å². The van der Waals surface area contributed by atoms with E-state index in [0.29, 0.717) is 6.04 Å². The standard InChI is InChI=1S/C9H19NO/c1-7-3-4-9(8(7)2)10-5-6-11/h7-11H,3-6H2,1-2H3. The molecule has 66 valence electrons. The highest BCUT2D eigenvalue weighted by Crippen LogP contribution is 2.30. The van der Waals surface area contributed by atoms with Gasteiger partial charge in [0.2, 0.25) is 0 Å². The van der Waals surface area contributed by atoms with Gasteiger partial charge in [-0.05, 0) is 24.7 Å². The van der Waals surface area contributed by atoms with Gasteiger partial charge in [-0.15, -0.1) is 0 Å². The molecular weight excluding hydrogens is 138 g/mol. The van der Waals surface area contributed by atoms with Crippen molar-refractivity contribution in [2.75, 3.05) is 13.2 Å². The van der Waals surface area contributed by atoms with Crippen LogP contribution >= 0.6 is 0 Å². The quantitative estimate of drug-likeness (QED) is 0.640. The topological polar surface area (TPSA) is 32.3 Å². The fourth-order valence-corrected chi connectivity index (χ4v) is 1.90. The Hall–Kier alpha value is -0.0800. The highest BCUT2D eigenvalue weighted by Gasteiger charge is 2.28. The van der Waals surface area contributed by atoms with Gasteiger partial charge in [0.1, 0.15) is 0 Å². The first-order valence-corrected chi connectivity index (χ1v) is 4.60. The van der Waals surface area contributed by atoms with Crippen LogP contribution in [0, 0.1) is 11.8 Å². The van der Waals surface area contributed by atoms with E-state index in [1.54, 1.807) is 0 Å². The highest BCUT2D eigenvalue weighted by molar-refractivity contribution is 4.84. The fourth-order valence-electron chi connectivity index (χ4n) is 1.90. The van der Waals surface area contributed by atoms with Crippen molar-refractivity contribution in [3.63, 3.8) is 0 Å². The maximum Gasteiger partial charge on any atom is 0.0556 e. The first-order chi connectivity index (χ1) is 5.25. The highest BCUT2D eigenvalue weighted by atomic mass is 16.3. The molecule has 1 fully saturated rings. The second-order valence-electron chi connectivity index (χ2n) is 3.70. The van der Waals surface area contributed by atoms with E-state index in [9.17, 15) is 0 Å². The van der Waals surface area contributed by atoms with Crippen LogP contribution in [0.1, 0.15) is 26.7 Å². The van der Waals surface area contributed by atoms with E-state index in [1.807, 2.05) is 0 Å². The van der Waals surface area contributed by atoms with Gasteiger partial charge in [0.05, 0.1) is 6.61 Å². The Balaban J connectivity index is 2.24. The molecule has 1 aliphatic carbocycles. The molecule has 2 heteroatoms. The predicted molar refractivity (Wildman–Crippen MR) is 46.4 cm³/mol. The normalized spacial score (nSPS) is 37.9. The molecule has 0 heterocycles. The van der Waals surface area contributed by atoms with E-state index >= 15 is 0 Å². The lowest BCUT2D eigenvalue weighted by Gasteiger charge is -2.18. The fraction of sp³-hybridized carbons (Fsp3) is 1.00. The van der Waals surface area contributed by atoms with Crippen molar-refractivity contribution in [2.45, 2.75) is 32.7 Å². The van der Waals surface area contributed by atoms with E-state index in [4.69, 9.17) is 5.11 Å². The van der Waals surface area contributed by atoms with E-state index in [0.717, 1.165) is 18.4 Å². The molecule has 1 rings (SSSR count). The molecule has 3 atom stereocenters. The van der Waals surface area contributed by atoms with Gasteiger partial charge in [0, 0.05) is 12.6 Å². The van der Waals surface area contributed by atoms with Crippen LogP contribution in [-0.2, 0) is 0 Å². The Labute approximate surface area is 69.0 Å². The summed E-state index contributed by atoms with van der Waals surface area (Å²) in [5, 5.41) is 12.0. The molecule has 0 bridgehead atoms. The SMILES string of the molecule is CC1CCC(NCCO)C1C. The molecule has 0 radical (unpaired) electrons. The van der Waals surface area contributed by atoms with Crippen LogP contribution in [0.25, 0.3) is 0 Å². The number of hydrogen-bond donors (Lipinski definition) is 2. The first kappa shape index (κ1) is 9.01. The Kier molecular flexibility index (Phi) is 3.34. The second-order valence-corrected chi connectivity index (χ2v) is 3.70. The predicted octanol–water partition coefficient (Wildman–Crippen LogP) is 1.00. The number of hydrogen-bond acceptors (Lipinski definition) is 2. The van der Waals surface area contributed by atoms with Gasteiger partial charge >= 0.3 is 0 Å². The molecule has 0 aliphatic heterocycles. The van der Waals surface area contributed by atoms with Gasteiger partial charge in [-0.2, -0.15) is 0 Å². The van der Waals surface area contributed by atoms with Crippen LogP contribution in [0.3, 0.4) is 0 Å². The molecule has 0 aromatic heterocycles. The van der Waals surface area contributed by atoms with Gasteiger partial charge in [-0.3, -0.25) is 0 Å². The van der Waals surface area contributed by atoms with Crippen molar-refractivity contribution in [1.29, 1.82) is 0 Å². The monoisotopic (exact) mass is 157 g/mol. The Morgan fingerprint density at radius 3 is 2.55 bits per heavy atom. The number of rotatable bonds is 3. The van der Waals surface area contributed by atoms with Crippen molar-refractivity contribution in [2.24, 2.45) is 11.8 Å². The molecule has 11 heavy (non-hydrogen) atoms. The lowest BCUT2D eigenvalue weighted by atomic mass is 9.98. The summed E-state index contributed by atoms with van der Waals surface area (Å²) in [5.74, 6) is 1.63. The van der Waals surface area contributed by atoms with Gasteiger partial charge in [0.15, 0.2) is 0 Å². The molecule has 0 aromatic rings. The minimum Gasteiger partial charge on any atom is -0.395 e. The maximum atomic E-state index is 8.62. The smallest absolute Gasteiger partial charge is 0.0556 e. The van der Waals surface area contributed by atoms with E-state index < -0.39 is 0 Å². The molecule has 1 saturated carbocycles. The molecule has 2 nitrogen and oxygen atoms in total. The van der Waals surface area contributed by atoms with Crippen LogP contribution in [-0.4, -0.2) is 24.3 Å². The Bertz CT molecular complexity index is 116. The van der Waals surface area contributed by atoms with E-state index in [2.05, 4.69) is 19.2 Å². The van der Waals surface area contributed by atoms with Crippen LogP contribution in [0.4, 0.5) is 0 Å². The zero-order valence-corrected chi connectivity index (χ0v) is 7.51. The molecule has 1 aliphatic rings. The second kappa shape index (κ2) is 4.07. The van der Waals surface area contributed by atoms with Gasteiger partial charge in [-0.1, -0.05) is 13.8 Å². The summed E-state index contributed by atoms with van der Waals surface area (Å²) >= 11 is 0. The Morgan fingerprint density at radius 2 is 2.09 bits per heavy atom. The van der Waals surface area contributed by atoms with Crippen molar-refractivity contribution in [3.05, 3.63) is 0 Å². The van der Waals surface area contributed by atoms with Crippen LogP contribution in [0.15, 0.2) is 0 Å². The van der Waals surface area contributed by atoms with Crippen LogP contribution < -0.4 is 5.32 Å². The summed E-state index contributed by atoms with van der Waals surface area (Å²) in [5.41, 5.74) is 0. The first-order valence-electron chi connectivity index (χ1n) is 4.60. The van der Waals surface area contributed by atoms with E-state index in [-0.39, 0.29) is 6.61 Å². The van der Waals surface area contributed by atoms with Crippen molar-refractivity contribution < 1.29 is 5.11 Å². The summed E-state index contributed by atoms with van der Waals surface area (Å²) in [6, 6.07) is 0.650. The van der Waals surface area contributed by atoms with Crippen LogP contribution in [0.5, 0.6) is 0 Å². The molecule has 0 amide bonds. The third-order valence-corrected chi connectivity index (χ3v) is 2.98. The third kappa shape index (κ3) is 2.17. The zero-order valence-electron chi connectivity index (χ0n) is 7.51. The number of aliphatic hydroxyl groups excluding tert-OH is 1. The Morgan fingerprint density at radius 1 is 1.36 bits per heavy atom. The molecule has 0 aromatic carbocycles. The van der Waals surface area contributed by atoms with Crippen molar-refractivity contribution in [3.8, 4) is 0 Å². The summed E-state index contributed by atoms with van der Waals surface area (Å²) in [6.45, 7) is 5.62. The van der Waals surface area contributed by atoms with Gasteiger partial charge in [0.25, 0.3) is 0 Å². The summed E-state index contributed by atoms with van der Waals surface area (Å²) < 4.78 is 0. The molecule has 0 saturated heterocycles. The van der Waals surface area contributed by atoms with Crippen molar-refractivity contribution >= 4 is 0 Å². The van der Waals surface area contributed by atoms with Gasteiger partial charge < -0.3 is 10.4 Å². The van der Waals surface area contributed by atoms with Gasteiger partial charge in [-0.25, -0.2) is 0 Å². The largest absolute Gasteiger partial charge is 0.395 e. The molecule has 0 spiro atoms. The minimum absolute atomic E-state index is 0.262. The molecular formula is C9H19NO. The maximum absolute atomic E-state index is 8.62. The van der Waals surface area contributed by atoms with Crippen molar-refractivity contribution in [1.82, 2.24) is 5.32 Å². The average Bonchev–Trinajstić information content (AvgIpc) is 2.31. The number of aliphatic hydroxyl groups is 1. The number of nitrogens with one attached hydrogen (secondary N) is 1. The average molecular weight is 157 g/mol. The lowest BCUT2D eigenvalue weighted by molar-refractivity contribution is 0.272. The molecule has 2 N–H and O–H groups in total. The summed E-state index contributed by atoms with van der Waals surface area (Å²) in [6.07, 6.45) is 2.62. The molecule has 3 unspecified atom stereocenters. The third-order valence-electron chi connectivity index (χ3n) is 2.98. The zero-order chi connectivity index (χ0) is 8.27. The summed E-state index contributed by atoms with van der Waals surface area (Å²) in [7, 11) is 0. The summed E-state index contributed by atoms with van der Waals surface area (Å²) in [4.78, 5) is 0. The lowest BCUT2D eigenvalue weighted by Crippen LogP contribution is -2.34. The van der Waals surface area contributed by atoms with E-state index in [1.165, 1.54) is 12.8 Å².